The van der Waals surface area contributed by atoms with Gasteiger partial charge in [-0.15, -0.1) is 0 Å². The minimum absolute atomic E-state index is 0.246. The molecule has 0 radical (unpaired) electrons. The summed E-state index contributed by atoms with van der Waals surface area (Å²) in [5, 5.41) is 4.70. The minimum atomic E-state index is 0.246. The summed E-state index contributed by atoms with van der Waals surface area (Å²) in [6.07, 6.45) is 5.79. The van der Waals surface area contributed by atoms with Crippen LogP contribution >= 0.6 is 0 Å². The van der Waals surface area contributed by atoms with E-state index in [2.05, 4.69) is 27.9 Å². The molecule has 1 aromatic carbocycles. The zero-order chi connectivity index (χ0) is 17.5. The average molecular weight is 355 g/mol. The summed E-state index contributed by atoms with van der Waals surface area (Å²) in [5.41, 5.74) is 3.98. The number of aromatic nitrogens is 2. The lowest BCUT2D eigenvalue weighted by molar-refractivity contribution is 0.0725. The van der Waals surface area contributed by atoms with E-state index in [1.165, 1.54) is 29.7 Å². The zero-order valence-corrected chi connectivity index (χ0v) is 15.2. The molecule has 5 rings (SSSR count). The molecule has 0 N–H and O–H groups in total. The van der Waals surface area contributed by atoms with Gasteiger partial charge in [-0.05, 0) is 48.4 Å². The first-order valence-electron chi connectivity index (χ1n) is 9.48. The van der Waals surface area contributed by atoms with Gasteiger partial charge in [0.25, 0.3) is 0 Å². The van der Waals surface area contributed by atoms with Crippen LogP contribution in [0, 0.1) is 5.92 Å². The highest BCUT2D eigenvalue weighted by Crippen LogP contribution is 2.37. The smallest absolute Gasteiger partial charge is 0.231 e. The highest BCUT2D eigenvalue weighted by atomic mass is 16.7. The lowest BCUT2D eigenvalue weighted by Gasteiger charge is -2.36. The van der Waals surface area contributed by atoms with Crippen LogP contribution in [-0.2, 0) is 24.2 Å². The van der Waals surface area contributed by atoms with Gasteiger partial charge in [0, 0.05) is 26.7 Å². The Kier molecular flexibility index (Phi) is 4.10. The van der Waals surface area contributed by atoms with Crippen molar-refractivity contribution in [3.63, 3.8) is 0 Å². The lowest BCUT2D eigenvalue weighted by Crippen LogP contribution is -2.38. The third-order valence-electron chi connectivity index (χ3n) is 5.66. The molecule has 1 unspecified atom stereocenters. The second-order valence-corrected chi connectivity index (χ2v) is 7.56. The van der Waals surface area contributed by atoms with Crippen LogP contribution in [0.25, 0.3) is 0 Å². The summed E-state index contributed by atoms with van der Waals surface area (Å²) in [5.74, 6) is 2.50. The maximum Gasteiger partial charge on any atom is 0.231 e. The Labute approximate surface area is 153 Å². The van der Waals surface area contributed by atoms with E-state index in [4.69, 9.17) is 19.3 Å². The van der Waals surface area contributed by atoms with Crippen molar-refractivity contribution in [2.24, 2.45) is 5.92 Å². The molecular weight excluding hydrogens is 330 g/mol. The van der Waals surface area contributed by atoms with Crippen molar-refractivity contribution in [3.05, 3.63) is 41.2 Å². The molecule has 0 bridgehead atoms. The van der Waals surface area contributed by atoms with E-state index in [1.54, 1.807) is 7.11 Å². The molecule has 0 saturated heterocycles. The van der Waals surface area contributed by atoms with Crippen LogP contribution in [0.5, 0.6) is 11.5 Å². The van der Waals surface area contributed by atoms with Crippen molar-refractivity contribution >= 4 is 0 Å². The van der Waals surface area contributed by atoms with Gasteiger partial charge in [0.1, 0.15) is 0 Å². The van der Waals surface area contributed by atoms with Crippen LogP contribution in [0.15, 0.2) is 24.4 Å². The molecule has 2 aliphatic heterocycles. The topological polar surface area (TPSA) is 48.8 Å². The Morgan fingerprint density at radius 1 is 1.23 bits per heavy atom. The van der Waals surface area contributed by atoms with E-state index >= 15 is 0 Å². The Morgan fingerprint density at radius 3 is 2.96 bits per heavy atom. The second kappa shape index (κ2) is 6.59. The molecule has 0 spiro atoms. The van der Waals surface area contributed by atoms with Crippen molar-refractivity contribution in [2.45, 2.75) is 38.4 Å². The zero-order valence-electron chi connectivity index (χ0n) is 15.2. The summed E-state index contributed by atoms with van der Waals surface area (Å²) in [6.45, 7) is 3.95. The highest BCUT2D eigenvalue weighted by molar-refractivity contribution is 5.44. The molecule has 1 aromatic heterocycles. The van der Waals surface area contributed by atoms with Crippen LogP contribution in [0.4, 0.5) is 0 Å². The normalized spacial score (nSPS) is 21.8. The molecular formula is C20H25N3O3. The van der Waals surface area contributed by atoms with Crippen molar-refractivity contribution in [3.8, 4) is 11.5 Å². The molecule has 1 aliphatic carbocycles. The quantitative estimate of drug-likeness (QED) is 0.797. The monoisotopic (exact) mass is 355 g/mol. The molecule has 0 amide bonds. The fourth-order valence-electron chi connectivity index (χ4n) is 4.10. The number of methoxy groups -OCH3 is 1. The summed E-state index contributed by atoms with van der Waals surface area (Å²) in [6, 6.07) is 6.49. The Bertz CT molecular complexity index is 800. The van der Waals surface area contributed by atoms with E-state index < -0.39 is 0 Å². The van der Waals surface area contributed by atoms with E-state index in [0.29, 0.717) is 13.4 Å². The van der Waals surface area contributed by atoms with E-state index in [-0.39, 0.29) is 6.04 Å². The molecule has 6 heteroatoms. The summed E-state index contributed by atoms with van der Waals surface area (Å²) in [7, 11) is 1.79. The third kappa shape index (κ3) is 2.97. The Morgan fingerprint density at radius 2 is 2.12 bits per heavy atom. The van der Waals surface area contributed by atoms with Crippen LogP contribution in [0.3, 0.4) is 0 Å². The van der Waals surface area contributed by atoms with Crippen molar-refractivity contribution in [1.82, 2.24) is 14.7 Å². The number of benzene rings is 1. The number of hydrogen-bond donors (Lipinski definition) is 0. The molecule has 2 aromatic rings. The van der Waals surface area contributed by atoms with E-state index in [0.717, 1.165) is 43.5 Å². The first kappa shape index (κ1) is 16.1. The molecule has 3 aliphatic rings. The van der Waals surface area contributed by atoms with Gasteiger partial charge in [-0.2, -0.15) is 5.10 Å². The lowest BCUT2D eigenvalue weighted by atomic mass is 9.99. The van der Waals surface area contributed by atoms with Gasteiger partial charge < -0.3 is 14.2 Å². The van der Waals surface area contributed by atoms with E-state index in [1.807, 2.05) is 6.07 Å². The SMILES string of the molecule is COCC1c2c(cnn2CC2CC2)CCN1Cc1ccc2c(c1)OCO2. The number of rotatable bonds is 6. The Hall–Kier alpha value is -2.05. The van der Waals surface area contributed by atoms with E-state index in [9.17, 15) is 0 Å². The van der Waals surface area contributed by atoms with Crippen LogP contribution < -0.4 is 9.47 Å². The molecule has 26 heavy (non-hydrogen) atoms. The van der Waals surface area contributed by atoms with Crippen molar-refractivity contribution < 1.29 is 14.2 Å². The van der Waals surface area contributed by atoms with Gasteiger partial charge in [0.05, 0.1) is 24.5 Å². The second-order valence-electron chi connectivity index (χ2n) is 7.56. The fraction of sp³-hybridized carbons (Fsp3) is 0.550. The molecule has 6 nitrogen and oxygen atoms in total. The summed E-state index contributed by atoms with van der Waals surface area (Å²) < 4.78 is 18.8. The number of hydrogen-bond acceptors (Lipinski definition) is 5. The number of ether oxygens (including phenoxy) is 3. The molecule has 1 fully saturated rings. The predicted octanol–water partition coefficient (Wildman–Crippen LogP) is 2.77. The molecule has 1 saturated carbocycles. The van der Waals surface area contributed by atoms with Crippen molar-refractivity contribution in [1.29, 1.82) is 0 Å². The van der Waals surface area contributed by atoms with Gasteiger partial charge >= 0.3 is 0 Å². The standard InChI is InChI=1S/C20H25N3O3/c1-24-12-17-20-16(9-21-23(20)11-14-2-3-14)6-7-22(17)10-15-4-5-18-19(8-15)26-13-25-18/h4-5,8-9,14,17H,2-3,6-7,10-13H2,1H3. The summed E-state index contributed by atoms with van der Waals surface area (Å²) in [4.78, 5) is 2.51. The van der Waals surface area contributed by atoms with Crippen LogP contribution in [0.1, 0.15) is 35.7 Å². The van der Waals surface area contributed by atoms with Crippen LogP contribution in [-0.4, -0.2) is 41.7 Å². The molecule has 138 valence electrons. The third-order valence-corrected chi connectivity index (χ3v) is 5.66. The van der Waals surface area contributed by atoms with Crippen LogP contribution in [0.2, 0.25) is 0 Å². The maximum absolute atomic E-state index is 5.60. The maximum atomic E-state index is 5.60. The first-order chi connectivity index (χ1) is 12.8. The largest absolute Gasteiger partial charge is 0.454 e. The first-order valence-corrected chi connectivity index (χ1v) is 9.48. The minimum Gasteiger partial charge on any atom is -0.454 e. The fourth-order valence-corrected chi connectivity index (χ4v) is 4.10. The average Bonchev–Trinajstić information content (AvgIpc) is 3.18. The van der Waals surface area contributed by atoms with Gasteiger partial charge in [-0.25, -0.2) is 0 Å². The predicted molar refractivity (Wildman–Crippen MR) is 96.2 cm³/mol. The van der Waals surface area contributed by atoms with Crippen molar-refractivity contribution in [2.75, 3.05) is 27.1 Å². The number of nitrogens with zero attached hydrogens (tertiary/aromatic N) is 3. The molecule has 1 atom stereocenters. The highest BCUT2D eigenvalue weighted by Gasteiger charge is 2.33. The van der Waals surface area contributed by atoms with Gasteiger partial charge in [-0.1, -0.05) is 6.07 Å². The Balaban J connectivity index is 1.40. The van der Waals surface area contributed by atoms with Gasteiger partial charge in [0.2, 0.25) is 6.79 Å². The number of fused-ring (bicyclic) bond motifs is 2. The van der Waals surface area contributed by atoms with Gasteiger partial charge in [0.15, 0.2) is 11.5 Å². The summed E-state index contributed by atoms with van der Waals surface area (Å²) >= 11 is 0. The van der Waals surface area contributed by atoms with Gasteiger partial charge in [-0.3, -0.25) is 9.58 Å². The molecule has 3 heterocycles.